The summed E-state index contributed by atoms with van der Waals surface area (Å²) in [5.74, 6) is 7.58. The first-order chi connectivity index (χ1) is 5.35. The van der Waals surface area contributed by atoms with E-state index in [9.17, 15) is 0 Å². The maximum Gasteiger partial charge on any atom is 0.0607 e. The van der Waals surface area contributed by atoms with Gasteiger partial charge in [-0.25, -0.2) is 0 Å². The average molecular weight is 145 g/mol. The zero-order valence-corrected chi connectivity index (χ0v) is 6.51. The molecule has 1 heteroatoms. The molecule has 0 aliphatic carbocycles. The van der Waals surface area contributed by atoms with Crippen molar-refractivity contribution in [3.05, 3.63) is 0 Å². The van der Waals surface area contributed by atoms with Crippen molar-refractivity contribution in [3.8, 4) is 37.0 Å². The van der Waals surface area contributed by atoms with E-state index in [0.717, 1.165) is 6.54 Å². The van der Waals surface area contributed by atoms with E-state index in [4.69, 9.17) is 19.3 Å². The van der Waals surface area contributed by atoms with Gasteiger partial charge in [0.1, 0.15) is 0 Å². The van der Waals surface area contributed by atoms with Gasteiger partial charge >= 0.3 is 0 Å². The third-order valence-corrected chi connectivity index (χ3v) is 1.20. The summed E-state index contributed by atoms with van der Waals surface area (Å²) >= 11 is 0. The Bertz CT molecular complexity index is 192. The normalized spacial score (nSPS) is 8.18. The van der Waals surface area contributed by atoms with Crippen LogP contribution in [0.1, 0.15) is 6.42 Å². The third kappa shape index (κ3) is 5.10. The minimum Gasteiger partial charge on any atom is -0.280 e. The molecule has 0 aromatic heterocycles. The van der Waals surface area contributed by atoms with Gasteiger partial charge < -0.3 is 0 Å². The highest BCUT2D eigenvalue weighted by atomic mass is 15.1. The number of hydrogen-bond donors (Lipinski definition) is 0. The van der Waals surface area contributed by atoms with Crippen molar-refractivity contribution < 1.29 is 0 Å². The van der Waals surface area contributed by atoms with Crippen LogP contribution in [0.3, 0.4) is 0 Å². The molecule has 0 saturated heterocycles. The Morgan fingerprint density at radius 2 is 1.45 bits per heavy atom. The summed E-state index contributed by atoms with van der Waals surface area (Å²) in [5.41, 5.74) is 0. The van der Waals surface area contributed by atoms with Crippen LogP contribution in [0.4, 0.5) is 0 Å². The molecule has 0 aromatic carbocycles. The maximum absolute atomic E-state index is 5.12. The van der Waals surface area contributed by atoms with Gasteiger partial charge in [0.25, 0.3) is 0 Å². The molecule has 0 aromatic rings. The molecule has 11 heavy (non-hydrogen) atoms. The fourth-order valence-electron chi connectivity index (χ4n) is 0.695. The van der Waals surface area contributed by atoms with Gasteiger partial charge in [-0.05, 0) is 0 Å². The first-order valence-corrected chi connectivity index (χ1v) is 3.38. The number of hydrogen-bond acceptors (Lipinski definition) is 1. The van der Waals surface area contributed by atoms with E-state index in [1.54, 1.807) is 0 Å². The molecular weight excluding hydrogens is 134 g/mol. The first-order valence-electron chi connectivity index (χ1n) is 3.38. The molecule has 0 atom stereocenters. The van der Waals surface area contributed by atoms with Crippen LogP contribution in [0.15, 0.2) is 0 Å². The molecule has 0 rings (SSSR count). The van der Waals surface area contributed by atoms with Gasteiger partial charge in [-0.2, -0.15) is 0 Å². The zero-order chi connectivity index (χ0) is 8.53. The zero-order valence-electron chi connectivity index (χ0n) is 6.51. The van der Waals surface area contributed by atoms with Gasteiger partial charge in [0.2, 0.25) is 0 Å². The Labute approximate surface area is 68.8 Å². The quantitative estimate of drug-likeness (QED) is 0.523. The highest BCUT2D eigenvalue weighted by Gasteiger charge is 1.97. The first kappa shape index (κ1) is 9.64. The van der Waals surface area contributed by atoms with Crippen molar-refractivity contribution >= 4 is 0 Å². The predicted molar refractivity (Wildman–Crippen MR) is 47.6 cm³/mol. The average Bonchev–Trinajstić information content (AvgIpc) is 2.01. The van der Waals surface area contributed by atoms with Crippen molar-refractivity contribution in [3.63, 3.8) is 0 Å². The number of nitrogens with zero attached hydrogens (tertiary/aromatic N) is 1. The lowest BCUT2D eigenvalue weighted by Gasteiger charge is -2.13. The second-order valence-corrected chi connectivity index (χ2v) is 2.07. The molecule has 0 bridgehead atoms. The smallest absolute Gasteiger partial charge is 0.0607 e. The van der Waals surface area contributed by atoms with Crippen LogP contribution < -0.4 is 0 Å². The minimum absolute atomic E-state index is 0.575. The second-order valence-electron chi connectivity index (χ2n) is 2.07. The predicted octanol–water partition coefficient (Wildman–Crippen LogP) is 0.578. The van der Waals surface area contributed by atoms with Crippen LogP contribution in [0, 0.1) is 37.0 Å². The molecule has 0 unspecified atom stereocenters. The van der Waals surface area contributed by atoms with Gasteiger partial charge in [0, 0.05) is 13.0 Å². The van der Waals surface area contributed by atoms with E-state index in [1.165, 1.54) is 0 Å². The largest absolute Gasteiger partial charge is 0.280 e. The van der Waals surface area contributed by atoms with Crippen LogP contribution in [0.2, 0.25) is 0 Å². The summed E-state index contributed by atoms with van der Waals surface area (Å²) in [6.45, 7) is 1.93. The summed E-state index contributed by atoms with van der Waals surface area (Å²) in [7, 11) is 0. The minimum atomic E-state index is 0.575. The van der Waals surface area contributed by atoms with E-state index in [1.807, 2.05) is 4.90 Å². The van der Waals surface area contributed by atoms with Gasteiger partial charge in [0.15, 0.2) is 0 Å². The van der Waals surface area contributed by atoms with Gasteiger partial charge in [-0.15, -0.1) is 25.2 Å². The molecule has 0 aliphatic heterocycles. The van der Waals surface area contributed by atoms with Crippen molar-refractivity contribution in [2.75, 3.05) is 19.6 Å². The highest BCUT2D eigenvalue weighted by molar-refractivity contribution is 4.96. The Kier molecular flexibility index (Phi) is 5.92. The lowest BCUT2D eigenvalue weighted by molar-refractivity contribution is 0.354. The Morgan fingerprint density at radius 1 is 0.909 bits per heavy atom. The van der Waals surface area contributed by atoms with Crippen molar-refractivity contribution in [1.82, 2.24) is 4.90 Å². The lowest BCUT2D eigenvalue weighted by Crippen LogP contribution is -2.25. The molecule has 0 fully saturated rings. The van der Waals surface area contributed by atoms with Crippen LogP contribution in [-0.4, -0.2) is 24.5 Å². The standard InChI is InChI=1S/C10H11N/c1-4-7-10-11(8-5-2)9-6-3/h1-3H,7-10H2. The summed E-state index contributed by atoms with van der Waals surface area (Å²) in [6.07, 6.45) is 16.0. The Hall–Kier alpha value is -1.36. The molecule has 0 N–H and O–H groups in total. The molecule has 1 nitrogen and oxygen atoms in total. The molecule has 0 amide bonds. The topological polar surface area (TPSA) is 3.24 Å². The van der Waals surface area contributed by atoms with Crippen LogP contribution in [0.25, 0.3) is 0 Å². The van der Waals surface area contributed by atoms with Crippen molar-refractivity contribution in [2.45, 2.75) is 6.42 Å². The SMILES string of the molecule is C#CCCN(CC#C)CC#C. The van der Waals surface area contributed by atoms with E-state index in [-0.39, 0.29) is 0 Å². The van der Waals surface area contributed by atoms with Crippen molar-refractivity contribution in [2.24, 2.45) is 0 Å². The fourth-order valence-corrected chi connectivity index (χ4v) is 0.695. The van der Waals surface area contributed by atoms with Crippen LogP contribution >= 0.6 is 0 Å². The van der Waals surface area contributed by atoms with Gasteiger partial charge in [-0.1, -0.05) is 11.8 Å². The molecule has 0 spiro atoms. The van der Waals surface area contributed by atoms with E-state index in [0.29, 0.717) is 19.5 Å². The van der Waals surface area contributed by atoms with Crippen LogP contribution in [-0.2, 0) is 0 Å². The Morgan fingerprint density at radius 3 is 1.82 bits per heavy atom. The van der Waals surface area contributed by atoms with E-state index >= 15 is 0 Å². The number of rotatable bonds is 4. The van der Waals surface area contributed by atoms with Gasteiger partial charge in [0.05, 0.1) is 13.1 Å². The monoisotopic (exact) mass is 145 g/mol. The maximum atomic E-state index is 5.12. The lowest BCUT2D eigenvalue weighted by atomic mass is 10.4. The van der Waals surface area contributed by atoms with E-state index < -0.39 is 0 Å². The van der Waals surface area contributed by atoms with Crippen molar-refractivity contribution in [1.29, 1.82) is 0 Å². The molecule has 0 saturated carbocycles. The molecular formula is C10H11N. The Balaban J connectivity index is 3.65. The third-order valence-electron chi connectivity index (χ3n) is 1.20. The number of terminal acetylenes is 3. The highest BCUT2D eigenvalue weighted by Crippen LogP contribution is 1.88. The summed E-state index contributed by atoms with van der Waals surface area (Å²) in [6, 6.07) is 0. The van der Waals surface area contributed by atoms with E-state index in [2.05, 4.69) is 17.8 Å². The molecule has 0 aliphatic rings. The van der Waals surface area contributed by atoms with Crippen LogP contribution in [0.5, 0.6) is 0 Å². The van der Waals surface area contributed by atoms with Gasteiger partial charge in [-0.3, -0.25) is 4.90 Å². The molecule has 0 radical (unpaired) electrons. The summed E-state index contributed by atoms with van der Waals surface area (Å²) < 4.78 is 0. The second kappa shape index (κ2) is 6.76. The summed E-state index contributed by atoms with van der Waals surface area (Å²) in [4.78, 5) is 1.96. The molecule has 0 heterocycles. The molecule has 56 valence electrons. The fraction of sp³-hybridized carbons (Fsp3) is 0.400. The summed E-state index contributed by atoms with van der Waals surface area (Å²) in [5, 5.41) is 0.